The molecular weight excluding hydrogens is 164 g/mol. The smallest absolute Gasteiger partial charge is 0.150 e. The Hall–Kier alpha value is -1.03. The molecule has 0 saturated carbocycles. The molecule has 0 aromatic carbocycles. The molecule has 0 unspecified atom stereocenters. The second-order valence-corrected chi connectivity index (χ2v) is 3.43. The Balaban J connectivity index is 2.34. The second-order valence-electron chi connectivity index (χ2n) is 3.43. The lowest BCUT2D eigenvalue weighted by molar-refractivity contribution is 0.293. The first kappa shape index (κ1) is 8.56. The van der Waals surface area contributed by atoms with Crippen molar-refractivity contribution in [1.82, 2.24) is 14.7 Å². The summed E-state index contributed by atoms with van der Waals surface area (Å²) in [6.07, 6.45) is 0. The third-order valence-corrected chi connectivity index (χ3v) is 2.70. The van der Waals surface area contributed by atoms with E-state index in [1.807, 2.05) is 4.68 Å². The maximum atomic E-state index is 5.83. The monoisotopic (exact) mass is 180 g/mol. The van der Waals surface area contributed by atoms with Gasteiger partial charge < -0.3 is 5.73 Å². The Morgan fingerprint density at radius 2 is 2.08 bits per heavy atom. The van der Waals surface area contributed by atoms with Crippen molar-refractivity contribution in [2.75, 3.05) is 12.3 Å². The maximum Gasteiger partial charge on any atom is 0.150 e. The maximum absolute atomic E-state index is 5.83. The molecule has 0 radical (unpaired) electrons. The number of nitrogens with zero attached hydrogens (tertiary/aromatic N) is 3. The normalized spacial score (nSPS) is 16.5. The average Bonchev–Trinajstić information content (AvgIpc) is 2.66. The molecule has 1 aliphatic rings. The van der Waals surface area contributed by atoms with Crippen LogP contribution >= 0.6 is 0 Å². The number of fused-ring (bicyclic) bond motifs is 1. The van der Waals surface area contributed by atoms with Crippen molar-refractivity contribution < 1.29 is 0 Å². The summed E-state index contributed by atoms with van der Waals surface area (Å²) in [5.74, 6) is 0.716. The summed E-state index contributed by atoms with van der Waals surface area (Å²) >= 11 is 0. The second kappa shape index (κ2) is 3.03. The Labute approximate surface area is 78.3 Å². The Bertz CT molecular complexity index is 316. The molecule has 0 amide bonds. The summed E-state index contributed by atoms with van der Waals surface area (Å²) in [4.78, 5) is 2.37. The van der Waals surface area contributed by atoms with Gasteiger partial charge in [0.25, 0.3) is 0 Å². The summed E-state index contributed by atoms with van der Waals surface area (Å²) in [5.41, 5.74) is 8.37. The molecular formula is C9H16N4. The lowest BCUT2D eigenvalue weighted by Gasteiger charge is -2.11. The number of hydrogen-bond acceptors (Lipinski definition) is 3. The van der Waals surface area contributed by atoms with Crippen LogP contribution in [0.1, 0.15) is 25.1 Å². The Morgan fingerprint density at radius 3 is 2.69 bits per heavy atom. The van der Waals surface area contributed by atoms with Crippen LogP contribution in [-0.4, -0.2) is 21.2 Å². The van der Waals surface area contributed by atoms with Gasteiger partial charge in [-0.1, -0.05) is 6.92 Å². The highest BCUT2D eigenvalue weighted by Gasteiger charge is 2.24. The molecule has 13 heavy (non-hydrogen) atoms. The molecule has 1 aromatic rings. The third-order valence-electron chi connectivity index (χ3n) is 2.70. The molecule has 0 atom stereocenters. The fourth-order valence-corrected chi connectivity index (χ4v) is 1.88. The van der Waals surface area contributed by atoms with Crippen LogP contribution in [0.3, 0.4) is 0 Å². The average molecular weight is 180 g/mol. The van der Waals surface area contributed by atoms with Gasteiger partial charge in [0.15, 0.2) is 0 Å². The van der Waals surface area contributed by atoms with Crippen LogP contribution in [0.4, 0.5) is 5.82 Å². The highest BCUT2D eigenvalue weighted by Crippen LogP contribution is 2.26. The van der Waals surface area contributed by atoms with E-state index in [2.05, 4.69) is 23.8 Å². The minimum absolute atomic E-state index is 0.716. The minimum atomic E-state index is 0.716. The molecule has 4 nitrogen and oxygen atoms in total. The van der Waals surface area contributed by atoms with Crippen molar-refractivity contribution in [3.63, 3.8) is 0 Å². The summed E-state index contributed by atoms with van der Waals surface area (Å²) in [7, 11) is 0. The van der Waals surface area contributed by atoms with E-state index in [1.54, 1.807) is 0 Å². The van der Waals surface area contributed by atoms with Crippen LogP contribution in [0.15, 0.2) is 0 Å². The van der Waals surface area contributed by atoms with Crippen LogP contribution in [0, 0.1) is 0 Å². The third kappa shape index (κ3) is 1.21. The number of hydrogen-bond donors (Lipinski definition) is 1. The van der Waals surface area contributed by atoms with Crippen LogP contribution in [0.25, 0.3) is 0 Å². The van der Waals surface area contributed by atoms with Gasteiger partial charge in [-0.25, -0.2) is 0 Å². The molecule has 0 spiro atoms. The number of aryl methyl sites for hydroxylation is 1. The highest BCUT2D eigenvalue weighted by molar-refractivity contribution is 5.44. The van der Waals surface area contributed by atoms with E-state index >= 15 is 0 Å². The zero-order valence-electron chi connectivity index (χ0n) is 8.25. The van der Waals surface area contributed by atoms with Crippen molar-refractivity contribution in [2.24, 2.45) is 0 Å². The molecule has 0 aliphatic carbocycles. The summed E-state index contributed by atoms with van der Waals surface area (Å²) < 4.78 is 2.01. The minimum Gasteiger partial charge on any atom is -0.382 e. The number of rotatable bonds is 2. The lowest BCUT2D eigenvalue weighted by Crippen LogP contribution is -2.17. The molecule has 0 bridgehead atoms. The molecule has 0 saturated heterocycles. The number of nitrogen functional groups attached to an aromatic ring is 1. The van der Waals surface area contributed by atoms with Crippen LogP contribution < -0.4 is 5.73 Å². The standard InChI is InChI=1S/C9H16N4/c1-3-12-5-7-8(6-12)13(4-2)11-9(7)10/h3-6H2,1-2H3,(H2,10,11). The fraction of sp³-hybridized carbons (Fsp3) is 0.667. The van der Waals surface area contributed by atoms with E-state index in [9.17, 15) is 0 Å². The van der Waals surface area contributed by atoms with Gasteiger partial charge in [0.1, 0.15) is 5.82 Å². The van der Waals surface area contributed by atoms with Gasteiger partial charge in [0.05, 0.1) is 5.69 Å². The van der Waals surface area contributed by atoms with E-state index < -0.39 is 0 Å². The lowest BCUT2D eigenvalue weighted by atomic mass is 10.3. The zero-order valence-corrected chi connectivity index (χ0v) is 8.25. The van der Waals surface area contributed by atoms with Crippen molar-refractivity contribution in [3.05, 3.63) is 11.3 Å². The van der Waals surface area contributed by atoms with Crippen molar-refractivity contribution in [2.45, 2.75) is 33.5 Å². The summed E-state index contributed by atoms with van der Waals surface area (Å²) in [6, 6.07) is 0. The Morgan fingerprint density at radius 1 is 1.31 bits per heavy atom. The van der Waals surface area contributed by atoms with E-state index in [-0.39, 0.29) is 0 Å². The molecule has 0 fully saturated rings. The van der Waals surface area contributed by atoms with Gasteiger partial charge in [-0.3, -0.25) is 9.58 Å². The first-order chi connectivity index (χ1) is 6.26. The molecule has 2 N–H and O–H groups in total. The van der Waals surface area contributed by atoms with Crippen molar-refractivity contribution in [3.8, 4) is 0 Å². The quantitative estimate of drug-likeness (QED) is 0.733. The molecule has 1 aliphatic heterocycles. The Kier molecular flexibility index (Phi) is 2.00. The highest BCUT2D eigenvalue weighted by atomic mass is 15.3. The molecule has 1 aromatic heterocycles. The summed E-state index contributed by atoms with van der Waals surface area (Å²) in [6.45, 7) is 8.24. The van der Waals surface area contributed by atoms with E-state index in [0.29, 0.717) is 5.82 Å². The van der Waals surface area contributed by atoms with E-state index in [1.165, 1.54) is 11.3 Å². The van der Waals surface area contributed by atoms with Crippen molar-refractivity contribution in [1.29, 1.82) is 0 Å². The molecule has 4 heteroatoms. The van der Waals surface area contributed by atoms with Gasteiger partial charge in [-0.2, -0.15) is 5.10 Å². The molecule has 2 rings (SSSR count). The predicted molar refractivity (Wildman–Crippen MR) is 52.1 cm³/mol. The van der Waals surface area contributed by atoms with Crippen LogP contribution in [0.5, 0.6) is 0 Å². The first-order valence-corrected chi connectivity index (χ1v) is 4.82. The van der Waals surface area contributed by atoms with Gasteiger partial charge in [0, 0.05) is 25.2 Å². The van der Waals surface area contributed by atoms with Crippen LogP contribution in [-0.2, 0) is 19.6 Å². The largest absolute Gasteiger partial charge is 0.382 e. The summed E-state index contributed by atoms with van der Waals surface area (Å²) in [5, 5.41) is 4.29. The van der Waals surface area contributed by atoms with E-state index in [4.69, 9.17) is 5.73 Å². The number of nitrogens with two attached hydrogens (primary N) is 1. The van der Waals surface area contributed by atoms with Gasteiger partial charge in [-0.05, 0) is 13.5 Å². The SMILES string of the molecule is CCN1Cc2c(N)nn(CC)c2C1. The van der Waals surface area contributed by atoms with Crippen LogP contribution in [0.2, 0.25) is 0 Å². The van der Waals surface area contributed by atoms with E-state index in [0.717, 1.165) is 26.2 Å². The molecule has 72 valence electrons. The van der Waals surface area contributed by atoms with Gasteiger partial charge in [-0.15, -0.1) is 0 Å². The van der Waals surface area contributed by atoms with Crippen molar-refractivity contribution >= 4 is 5.82 Å². The first-order valence-electron chi connectivity index (χ1n) is 4.82. The van der Waals surface area contributed by atoms with Gasteiger partial charge >= 0.3 is 0 Å². The topological polar surface area (TPSA) is 47.1 Å². The molecule has 2 heterocycles. The predicted octanol–water partition coefficient (Wildman–Crippen LogP) is 0.821. The number of anilines is 1. The fourth-order valence-electron chi connectivity index (χ4n) is 1.88. The number of aromatic nitrogens is 2. The zero-order chi connectivity index (χ0) is 9.42. The van der Waals surface area contributed by atoms with Gasteiger partial charge in [0.2, 0.25) is 0 Å².